The highest BCUT2D eigenvalue weighted by Gasteiger charge is 2.16. The molecule has 0 fully saturated rings. The summed E-state index contributed by atoms with van der Waals surface area (Å²) in [5.41, 5.74) is 8.99. The molecule has 6 heteroatoms. The molecule has 0 saturated heterocycles. The molecule has 1 aliphatic rings. The number of nitrogens with one attached hydrogen (secondary N) is 2. The lowest BCUT2D eigenvalue weighted by Crippen LogP contribution is -2.19. The first kappa shape index (κ1) is 13.4. The van der Waals surface area contributed by atoms with Crippen molar-refractivity contribution in [3.63, 3.8) is 0 Å². The quantitative estimate of drug-likeness (QED) is 0.744. The highest BCUT2D eigenvalue weighted by Crippen LogP contribution is 2.33. The molecule has 0 spiro atoms. The van der Waals surface area contributed by atoms with Crippen LogP contribution in [0.4, 0.5) is 31.5 Å². The molecule has 4 nitrogen and oxygen atoms in total. The van der Waals surface area contributed by atoms with E-state index in [1.165, 1.54) is 6.07 Å². The molecular formula is C15H13F2N3O. The van der Waals surface area contributed by atoms with E-state index < -0.39 is 11.6 Å². The van der Waals surface area contributed by atoms with Crippen molar-refractivity contribution >= 4 is 28.7 Å². The van der Waals surface area contributed by atoms with Crippen molar-refractivity contribution in [3.05, 3.63) is 47.5 Å². The largest absolute Gasteiger partial charge is 0.397 e. The molecule has 0 bridgehead atoms. The van der Waals surface area contributed by atoms with E-state index in [1.54, 1.807) is 12.1 Å². The van der Waals surface area contributed by atoms with Crippen molar-refractivity contribution in [2.75, 3.05) is 16.4 Å². The molecule has 0 aliphatic carbocycles. The zero-order valence-electron chi connectivity index (χ0n) is 11.0. The molecule has 108 valence electrons. The maximum Gasteiger partial charge on any atom is 0.224 e. The number of benzene rings is 2. The summed E-state index contributed by atoms with van der Waals surface area (Å²) in [6.07, 6.45) is 1.07. The van der Waals surface area contributed by atoms with Gasteiger partial charge in [-0.1, -0.05) is 0 Å². The lowest BCUT2D eigenvalue weighted by Gasteiger charge is -2.20. The minimum Gasteiger partial charge on any atom is -0.397 e. The molecule has 0 aromatic heterocycles. The summed E-state index contributed by atoms with van der Waals surface area (Å²) < 4.78 is 26.1. The highest BCUT2D eigenvalue weighted by atomic mass is 19.2. The minimum absolute atomic E-state index is 0.0500. The monoisotopic (exact) mass is 289 g/mol. The number of hydrogen-bond donors (Lipinski definition) is 3. The van der Waals surface area contributed by atoms with E-state index in [0.717, 1.165) is 17.7 Å². The summed E-state index contributed by atoms with van der Waals surface area (Å²) in [7, 11) is 0. The molecule has 2 aromatic rings. The third-order valence-corrected chi connectivity index (χ3v) is 3.37. The van der Waals surface area contributed by atoms with E-state index >= 15 is 0 Å². The van der Waals surface area contributed by atoms with Gasteiger partial charge in [-0.3, -0.25) is 4.79 Å². The number of halogens is 2. The number of fused-ring (bicyclic) bond motifs is 1. The molecule has 3 rings (SSSR count). The van der Waals surface area contributed by atoms with E-state index in [0.29, 0.717) is 35.6 Å². The normalized spacial score (nSPS) is 13.5. The summed E-state index contributed by atoms with van der Waals surface area (Å²) in [5, 5.41) is 5.69. The fraction of sp³-hybridized carbons (Fsp3) is 0.133. The first-order valence-corrected chi connectivity index (χ1v) is 6.47. The van der Waals surface area contributed by atoms with Crippen LogP contribution in [-0.4, -0.2) is 5.91 Å². The van der Waals surface area contributed by atoms with Crippen molar-refractivity contribution < 1.29 is 13.6 Å². The van der Waals surface area contributed by atoms with E-state index in [2.05, 4.69) is 10.6 Å². The second kappa shape index (κ2) is 5.05. The molecule has 1 amide bonds. The molecule has 0 saturated carbocycles. The van der Waals surface area contributed by atoms with Crippen LogP contribution in [0.5, 0.6) is 0 Å². The van der Waals surface area contributed by atoms with Gasteiger partial charge < -0.3 is 16.4 Å². The van der Waals surface area contributed by atoms with Gasteiger partial charge in [0.15, 0.2) is 11.6 Å². The van der Waals surface area contributed by atoms with Gasteiger partial charge in [0.2, 0.25) is 5.91 Å². The number of nitrogens with two attached hydrogens (primary N) is 1. The fourth-order valence-electron chi connectivity index (χ4n) is 2.29. The zero-order valence-corrected chi connectivity index (χ0v) is 11.0. The zero-order chi connectivity index (χ0) is 15.0. The lowest BCUT2D eigenvalue weighted by molar-refractivity contribution is -0.116. The fourth-order valence-corrected chi connectivity index (χ4v) is 2.29. The topological polar surface area (TPSA) is 67.2 Å². The van der Waals surface area contributed by atoms with Gasteiger partial charge >= 0.3 is 0 Å². The van der Waals surface area contributed by atoms with Crippen LogP contribution in [-0.2, 0) is 11.2 Å². The molecule has 1 aliphatic heterocycles. The lowest BCUT2D eigenvalue weighted by atomic mass is 10.0. The van der Waals surface area contributed by atoms with Crippen LogP contribution in [0.1, 0.15) is 12.0 Å². The Morgan fingerprint density at radius 3 is 2.67 bits per heavy atom. The Balaban J connectivity index is 1.93. The van der Waals surface area contributed by atoms with E-state index in [9.17, 15) is 13.6 Å². The number of anilines is 4. The summed E-state index contributed by atoms with van der Waals surface area (Å²) >= 11 is 0. The number of carbonyl (C=O) groups is 1. The van der Waals surface area contributed by atoms with E-state index in [1.807, 2.05) is 0 Å². The molecule has 4 N–H and O–H groups in total. The van der Waals surface area contributed by atoms with Gasteiger partial charge in [0, 0.05) is 23.9 Å². The first-order chi connectivity index (χ1) is 10.0. The smallest absolute Gasteiger partial charge is 0.224 e. The van der Waals surface area contributed by atoms with Crippen LogP contribution in [0.15, 0.2) is 30.3 Å². The predicted octanol–water partition coefficient (Wildman–Crippen LogP) is 3.18. The number of nitrogen functional groups attached to an aromatic ring is 1. The Morgan fingerprint density at radius 1 is 1.10 bits per heavy atom. The van der Waals surface area contributed by atoms with Crippen LogP contribution in [0.25, 0.3) is 0 Å². The number of rotatable bonds is 2. The molecule has 0 atom stereocenters. The molecule has 1 heterocycles. The van der Waals surface area contributed by atoms with Crippen LogP contribution >= 0.6 is 0 Å². The highest BCUT2D eigenvalue weighted by molar-refractivity contribution is 5.96. The van der Waals surface area contributed by atoms with E-state index in [4.69, 9.17) is 5.73 Å². The Hall–Kier alpha value is -2.63. The average molecular weight is 289 g/mol. The maximum atomic E-state index is 13.2. The summed E-state index contributed by atoms with van der Waals surface area (Å²) in [6.45, 7) is 0. The molecule has 2 aromatic carbocycles. The summed E-state index contributed by atoms with van der Waals surface area (Å²) in [6, 6.07) is 6.97. The van der Waals surface area contributed by atoms with Crippen LogP contribution in [0.3, 0.4) is 0 Å². The van der Waals surface area contributed by atoms with Gasteiger partial charge in [-0.25, -0.2) is 8.78 Å². The summed E-state index contributed by atoms with van der Waals surface area (Å²) in [5.74, 6) is -1.90. The number of aryl methyl sites for hydroxylation is 1. The maximum absolute atomic E-state index is 13.2. The van der Waals surface area contributed by atoms with Crippen molar-refractivity contribution in [3.8, 4) is 0 Å². The number of amides is 1. The third kappa shape index (κ3) is 2.65. The SMILES string of the molecule is Nc1cc2c(cc1Nc1ccc(F)c(F)c1)NC(=O)CC2. The standard InChI is InChI=1S/C15H13F2N3O/c16-10-3-2-9(6-11(10)17)19-14-7-13-8(5-12(14)18)1-4-15(21)20-13/h2-3,5-7,19H,1,4,18H2,(H,20,21). The van der Waals surface area contributed by atoms with Gasteiger partial charge in [0.25, 0.3) is 0 Å². The van der Waals surface area contributed by atoms with Gasteiger partial charge in [-0.15, -0.1) is 0 Å². The minimum atomic E-state index is -0.940. The van der Waals surface area contributed by atoms with Crippen molar-refractivity contribution in [2.45, 2.75) is 12.8 Å². The second-order valence-electron chi connectivity index (χ2n) is 4.90. The molecule has 0 radical (unpaired) electrons. The van der Waals surface area contributed by atoms with Gasteiger partial charge in [-0.2, -0.15) is 0 Å². The van der Waals surface area contributed by atoms with Gasteiger partial charge in [-0.05, 0) is 36.2 Å². The summed E-state index contributed by atoms with van der Waals surface area (Å²) in [4.78, 5) is 11.4. The van der Waals surface area contributed by atoms with Crippen molar-refractivity contribution in [1.82, 2.24) is 0 Å². The average Bonchev–Trinajstić information content (AvgIpc) is 2.44. The third-order valence-electron chi connectivity index (χ3n) is 3.37. The van der Waals surface area contributed by atoms with Crippen LogP contribution in [0, 0.1) is 11.6 Å². The van der Waals surface area contributed by atoms with Crippen LogP contribution < -0.4 is 16.4 Å². The van der Waals surface area contributed by atoms with Crippen molar-refractivity contribution in [1.29, 1.82) is 0 Å². The van der Waals surface area contributed by atoms with E-state index in [-0.39, 0.29) is 5.91 Å². The van der Waals surface area contributed by atoms with Gasteiger partial charge in [0.05, 0.1) is 11.4 Å². The predicted molar refractivity (Wildman–Crippen MR) is 77.4 cm³/mol. The molecular weight excluding hydrogens is 276 g/mol. The van der Waals surface area contributed by atoms with Gasteiger partial charge in [0.1, 0.15) is 0 Å². The Bertz CT molecular complexity index is 731. The Kier molecular flexibility index (Phi) is 3.21. The number of hydrogen-bond acceptors (Lipinski definition) is 3. The first-order valence-electron chi connectivity index (χ1n) is 6.47. The second-order valence-corrected chi connectivity index (χ2v) is 4.90. The van der Waals surface area contributed by atoms with Crippen LogP contribution in [0.2, 0.25) is 0 Å². The Labute approximate surface area is 120 Å². The van der Waals surface area contributed by atoms with Crippen molar-refractivity contribution in [2.24, 2.45) is 0 Å². The Morgan fingerprint density at radius 2 is 1.90 bits per heavy atom. The number of carbonyl (C=O) groups excluding carboxylic acids is 1. The molecule has 21 heavy (non-hydrogen) atoms. The molecule has 0 unspecified atom stereocenters.